The highest BCUT2D eigenvalue weighted by Gasteiger charge is 2.11. The molecule has 0 aromatic carbocycles. The van der Waals surface area contributed by atoms with Crippen molar-refractivity contribution in [1.82, 2.24) is 14.6 Å². The number of aryl methyl sites for hydroxylation is 1. The van der Waals surface area contributed by atoms with Crippen LogP contribution in [-0.2, 0) is 6.42 Å². The van der Waals surface area contributed by atoms with E-state index in [0.717, 1.165) is 29.0 Å². The molecule has 0 aliphatic heterocycles. The summed E-state index contributed by atoms with van der Waals surface area (Å²) in [6.45, 7) is 8.11. The number of hydrogen-bond acceptors (Lipinski definition) is 2. The molecule has 2 rings (SSSR count). The molecule has 0 saturated heterocycles. The van der Waals surface area contributed by atoms with Crippen LogP contribution in [0.2, 0.25) is 0 Å². The molecule has 2 aromatic rings. The largest absolute Gasteiger partial charge is 0.307 e. The normalized spacial score (nSPS) is 11.6. The van der Waals surface area contributed by atoms with Crippen LogP contribution in [0.4, 0.5) is 0 Å². The highest BCUT2D eigenvalue weighted by Crippen LogP contribution is 2.15. The average Bonchev–Trinajstić information content (AvgIpc) is 2.62. The number of H-pyrrole nitrogens is 1. The Bertz CT molecular complexity index is 578. The van der Waals surface area contributed by atoms with Gasteiger partial charge in [-0.15, -0.1) is 0 Å². The molecule has 2 aromatic heterocycles. The minimum Gasteiger partial charge on any atom is -0.307 e. The summed E-state index contributed by atoms with van der Waals surface area (Å²) in [7, 11) is 0. The van der Waals surface area contributed by atoms with Gasteiger partial charge in [0.1, 0.15) is 5.65 Å². The fraction of sp³-hybridized carbons (Fsp3) is 0.500. The molecule has 0 aliphatic rings. The summed E-state index contributed by atoms with van der Waals surface area (Å²) in [5.74, 6) is 0.368. The van der Waals surface area contributed by atoms with Gasteiger partial charge in [0.25, 0.3) is 5.56 Å². The number of hydrogen-bond donors (Lipinski definition) is 1. The van der Waals surface area contributed by atoms with E-state index in [-0.39, 0.29) is 5.56 Å². The summed E-state index contributed by atoms with van der Waals surface area (Å²) in [5.41, 5.74) is 3.54. The molecule has 2 heterocycles. The summed E-state index contributed by atoms with van der Waals surface area (Å²) in [4.78, 5) is 14.6. The van der Waals surface area contributed by atoms with Gasteiger partial charge in [-0.2, -0.15) is 5.10 Å². The Balaban J connectivity index is 2.78. The SMILES string of the molecule is CCc1c(C)n2nc(C(C)C)cc2[nH]c1=O. The number of nitrogens with one attached hydrogen (secondary N) is 1. The predicted molar refractivity (Wildman–Crippen MR) is 64.0 cm³/mol. The van der Waals surface area contributed by atoms with Crippen molar-refractivity contribution in [3.05, 3.63) is 33.4 Å². The summed E-state index contributed by atoms with van der Waals surface area (Å²) in [5, 5.41) is 4.51. The first kappa shape index (κ1) is 10.9. The zero-order chi connectivity index (χ0) is 11.9. The third-order valence-electron chi connectivity index (χ3n) is 2.94. The van der Waals surface area contributed by atoms with Gasteiger partial charge in [-0.1, -0.05) is 20.8 Å². The third kappa shape index (κ3) is 1.54. The zero-order valence-corrected chi connectivity index (χ0v) is 10.2. The molecule has 0 saturated carbocycles. The van der Waals surface area contributed by atoms with Crippen LogP contribution in [0.3, 0.4) is 0 Å². The molecule has 0 spiro atoms. The molecule has 0 bridgehead atoms. The topological polar surface area (TPSA) is 50.2 Å². The highest BCUT2D eigenvalue weighted by atomic mass is 16.1. The monoisotopic (exact) mass is 219 g/mol. The molecule has 86 valence electrons. The van der Waals surface area contributed by atoms with E-state index in [4.69, 9.17) is 0 Å². The van der Waals surface area contributed by atoms with Crippen LogP contribution >= 0.6 is 0 Å². The standard InChI is InChI=1S/C12H17N3O/c1-5-9-8(4)15-11(13-12(9)16)6-10(14-15)7(2)3/h6-7H,5H2,1-4H3,(H,13,16). The summed E-state index contributed by atoms with van der Waals surface area (Å²) in [6, 6.07) is 1.94. The van der Waals surface area contributed by atoms with E-state index in [9.17, 15) is 4.79 Å². The Morgan fingerprint density at radius 2 is 2.19 bits per heavy atom. The fourth-order valence-electron chi connectivity index (χ4n) is 1.93. The maximum absolute atomic E-state index is 11.8. The van der Waals surface area contributed by atoms with Crippen molar-refractivity contribution in [3.63, 3.8) is 0 Å². The van der Waals surface area contributed by atoms with Crippen LogP contribution in [-0.4, -0.2) is 14.6 Å². The van der Waals surface area contributed by atoms with Crippen molar-refractivity contribution >= 4 is 5.65 Å². The molecule has 0 atom stereocenters. The van der Waals surface area contributed by atoms with Gasteiger partial charge < -0.3 is 4.98 Å². The zero-order valence-electron chi connectivity index (χ0n) is 10.2. The Morgan fingerprint density at radius 1 is 1.50 bits per heavy atom. The first-order chi connectivity index (χ1) is 7.54. The summed E-state index contributed by atoms with van der Waals surface area (Å²) < 4.78 is 1.83. The molecule has 0 amide bonds. The Hall–Kier alpha value is -1.58. The van der Waals surface area contributed by atoms with Gasteiger partial charge in [0.05, 0.1) is 5.69 Å². The predicted octanol–water partition coefficient (Wildman–Crippen LogP) is 2.02. The number of rotatable bonds is 2. The summed E-state index contributed by atoms with van der Waals surface area (Å²) >= 11 is 0. The van der Waals surface area contributed by atoms with Gasteiger partial charge in [-0.25, -0.2) is 4.52 Å². The van der Waals surface area contributed by atoms with E-state index in [1.54, 1.807) is 0 Å². The highest BCUT2D eigenvalue weighted by molar-refractivity contribution is 5.42. The minimum absolute atomic E-state index is 0.00251. The van der Waals surface area contributed by atoms with Crippen molar-refractivity contribution < 1.29 is 0 Å². The quantitative estimate of drug-likeness (QED) is 0.840. The second kappa shape index (κ2) is 3.77. The van der Waals surface area contributed by atoms with Crippen LogP contribution in [0.1, 0.15) is 43.6 Å². The number of fused-ring (bicyclic) bond motifs is 1. The second-order valence-electron chi connectivity index (χ2n) is 4.39. The first-order valence-corrected chi connectivity index (χ1v) is 5.66. The van der Waals surface area contributed by atoms with Gasteiger partial charge in [0, 0.05) is 17.3 Å². The van der Waals surface area contributed by atoms with Crippen LogP contribution in [0.15, 0.2) is 10.9 Å². The Morgan fingerprint density at radius 3 is 2.75 bits per heavy atom. The lowest BCUT2D eigenvalue weighted by Gasteiger charge is -2.04. The first-order valence-electron chi connectivity index (χ1n) is 5.66. The van der Waals surface area contributed by atoms with E-state index in [0.29, 0.717) is 5.92 Å². The molecular weight excluding hydrogens is 202 g/mol. The number of nitrogens with zero attached hydrogens (tertiary/aromatic N) is 2. The average molecular weight is 219 g/mol. The Kier molecular flexibility index (Phi) is 2.58. The van der Waals surface area contributed by atoms with Gasteiger partial charge in [0.15, 0.2) is 0 Å². The van der Waals surface area contributed by atoms with Crippen LogP contribution in [0.5, 0.6) is 0 Å². The lowest BCUT2D eigenvalue weighted by Crippen LogP contribution is -2.17. The molecule has 0 fully saturated rings. The summed E-state index contributed by atoms with van der Waals surface area (Å²) in [6.07, 6.45) is 0.730. The van der Waals surface area contributed by atoms with Gasteiger partial charge >= 0.3 is 0 Å². The number of aromatic amines is 1. The van der Waals surface area contributed by atoms with Crippen molar-refractivity contribution in [3.8, 4) is 0 Å². The lowest BCUT2D eigenvalue weighted by atomic mass is 10.1. The van der Waals surface area contributed by atoms with E-state index in [2.05, 4.69) is 23.9 Å². The molecule has 0 aliphatic carbocycles. The van der Waals surface area contributed by atoms with Crippen molar-refractivity contribution in [2.75, 3.05) is 0 Å². The van der Waals surface area contributed by atoms with E-state index in [1.807, 2.05) is 24.4 Å². The smallest absolute Gasteiger partial charge is 0.254 e. The van der Waals surface area contributed by atoms with Gasteiger partial charge in [0.2, 0.25) is 0 Å². The molecule has 4 heteroatoms. The molecule has 4 nitrogen and oxygen atoms in total. The van der Waals surface area contributed by atoms with E-state index in [1.165, 1.54) is 0 Å². The molecule has 16 heavy (non-hydrogen) atoms. The number of aromatic nitrogens is 3. The minimum atomic E-state index is 0.00251. The third-order valence-corrected chi connectivity index (χ3v) is 2.94. The van der Waals surface area contributed by atoms with E-state index < -0.39 is 0 Å². The van der Waals surface area contributed by atoms with Crippen molar-refractivity contribution in [2.45, 2.75) is 40.0 Å². The molecule has 0 radical (unpaired) electrons. The fourth-order valence-corrected chi connectivity index (χ4v) is 1.93. The van der Waals surface area contributed by atoms with Gasteiger partial charge in [-0.3, -0.25) is 4.79 Å². The van der Waals surface area contributed by atoms with Crippen molar-refractivity contribution in [1.29, 1.82) is 0 Å². The van der Waals surface area contributed by atoms with Crippen LogP contribution < -0.4 is 5.56 Å². The van der Waals surface area contributed by atoms with E-state index >= 15 is 0 Å². The maximum atomic E-state index is 11.8. The Labute approximate surface area is 94.3 Å². The van der Waals surface area contributed by atoms with Crippen LogP contribution in [0, 0.1) is 6.92 Å². The lowest BCUT2D eigenvalue weighted by molar-refractivity contribution is 0.767. The second-order valence-corrected chi connectivity index (χ2v) is 4.39. The maximum Gasteiger partial charge on any atom is 0.254 e. The van der Waals surface area contributed by atoms with Gasteiger partial charge in [-0.05, 0) is 19.3 Å². The molecule has 1 N–H and O–H groups in total. The molecular formula is C12H17N3O. The van der Waals surface area contributed by atoms with Crippen molar-refractivity contribution in [2.24, 2.45) is 0 Å². The van der Waals surface area contributed by atoms with Crippen LogP contribution in [0.25, 0.3) is 5.65 Å². The molecule has 0 unspecified atom stereocenters.